The molecule has 130 valence electrons. The second kappa shape index (κ2) is 8.70. The van der Waals surface area contributed by atoms with Crippen molar-refractivity contribution < 1.29 is 24.1 Å². The van der Waals surface area contributed by atoms with Crippen molar-refractivity contribution in [2.45, 2.75) is 39.1 Å². The summed E-state index contributed by atoms with van der Waals surface area (Å²) >= 11 is 1.62. The molecule has 1 heterocycles. The Labute approximate surface area is 145 Å². The van der Waals surface area contributed by atoms with E-state index >= 15 is 0 Å². The molecule has 0 amide bonds. The molecule has 1 unspecified atom stereocenters. The van der Waals surface area contributed by atoms with Crippen LogP contribution in [-0.4, -0.2) is 30.4 Å². The Kier molecular flexibility index (Phi) is 6.63. The van der Waals surface area contributed by atoms with Gasteiger partial charge in [-0.3, -0.25) is 0 Å². The van der Waals surface area contributed by atoms with Gasteiger partial charge in [-0.1, -0.05) is 12.1 Å². The molecule has 1 aromatic carbocycles. The summed E-state index contributed by atoms with van der Waals surface area (Å²) in [4.78, 5) is 12.5. The van der Waals surface area contributed by atoms with Gasteiger partial charge < -0.3 is 19.3 Å². The van der Waals surface area contributed by atoms with Crippen molar-refractivity contribution in [1.29, 1.82) is 0 Å². The van der Waals surface area contributed by atoms with Crippen LogP contribution in [0.15, 0.2) is 35.7 Å². The van der Waals surface area contributed by atoms with Gasteiger partial charge >= 0.3 is 5.97 Å². The highest BCUT2D eigenvalue weighted by atomic mass is 32.1. The van der Waals surface area contributed by atoms with Crippen molar-refractivity contribution in [2.75, 3.05) is 7.11 Å². The first kappa shape index (κ1) is 18.3. The fraction of sp³-hybridized carbons (Fsp3) is 0.389. The van der Waals surface area contributed by atoms with Crippen molar-refractivity contribution in [1.82, 2.24) is 0 Å². The Morgan fingerprint density at radius 3 is 2.62 bits per heavy atom. The maximum atomic E-state index is 11.3. The first-order chi connectivity index (χ1) is 11.5. The zero-order valence-electron chi connectivity index (χ0n) is 14.0. The number of carboxylic acids is 1. The van der Waals surface area contributed by atoms with Gasteiger partial charge in [0.2, 0.25) is 0 Å². The monoisotopic (exact) mass is 350 g/mol. The zero-order valence-corrected chi connectivity index (χ0v) is 14.8. The average Bonchev–Trinajstić information content (AvgIpc) is 3.05. The van der Waals surface area contributed by atoms with Crippen LogP contribution in [0.1, 0.15) is 24.3 Å². The van der Waals surface area contributed by atoms with Gasteiger partial charge in [0.1, 0.15) is 6.61 Å². The van der Waals surface area contributed by atoms with Crippen LogP contribution in [0.5, 0.6) is 11.5 Å². The lowest BCUT2D eigenvalue weighted by atomic mass is 10.1. The van der Waals surface area contributed by atoms with Gasteiger partial charge in [-0.25, -0.2) is 4.79 Å². The van der Waals surface area contributed by atoms with E-state index in [-0.39, 0.29) is 12.5 Å². The highest BCUT2D eigenvalue weighted by Crippen LogP contribution is 2.30. The van der Waals surface area contributed by atoms with Gasteiger partial charge in [0.05, 0.1) is 13.2 Å². The largest absolute Gasteiger partial charge is 0.493 e. The number of hydrogen-bond donors (Lipinski definition) is 1. The van der Waals surface area contributed by atoms with Crippen molar-refractivity contribution in [2.24, 2.45) is 0 Å². The van der Waals surface area contributed by atoms with Crippen LogP contribution in [0.25, 0.3) is 0 Å². The smallest absolute Gasteiger partial charge is 0.333 e. The summed E-state index contributed by atoms with van der Waals surface area (Å²) in [5.41, 5.74) is 0.824. The number of methoxy groups -OCH3 is 1. The molecule has 0 saturated carbocycles. The Morgan fingerprint density at radius 1 is 1.25 bits per heavy atom. The average molecular weight is 350 g/mol. The second-order valence-electron chi connectivity index (χ2n) is 5.57. The molecule has 2 rings (SSSR count). The molecule has 6 heteroatoms. The molecule has 0 saturated heterocycles. The molecule has 0 aliphatic heterocycles. The molecule has 1 atom stereocenters. The third-order valence-corrected chi connectivity index (χ3v) is 4.16. The second-order valence-corrected chi connectivity index (χ2v) is 6.60. The molecule has 2 aromatic rings. The highest BCUT2D eigenvalue weighted by molar-refractivity contribution is 7.09. The lowest BCUT2D eigenvalue weighted by Gasteiger charge is -2.17. The molecule has 0 bridgehead atoms. The maximum Gasteiger partial charge on any atom is 0.333 e. The fourth-order valence-corrected chi connectivity index (χ4v) is 2.86. The zero-order chi connectivity index (χ0) is 17.5. The molecule has 0 radical (unpaired) electrons. The summed E-state index contributed by atoms with van der Waals surface area (Å²) in [6, 6.07) is 9.39. The summed E-state index contributed by atoms with van der Waals surface area (Å²) in [6.45, 7) is 4.08. The van der Waals surface area contributed by atoms with Crippen molar-refractivity contribution in [3.8, 4) is 11.5 Å². The first-order valence-electron chi connectivity index (χ1n) is 7.70. The Bertz CT molecular complexity index is 651. The summed E-state index contributed by atoms with van der Waals surface area (Å²) in [5, 5.41) is 11.3. The Morgan fingerprint density at radius 2 is 2.04 bits per heavy atom. The number of thiophene rings is 1. The molecule has 0 aliphatic rings. The van der Waals surface area contributed by atoms with E-state index in [0.717, 1.165) is 10.4 Å². The SMILES string of the molecule is COc1ccc(CC(OC(C)C)C(=O)O)cc1OCc1cccs1. The number of benzene rings is 1. The van der Waals surface area contributed by atoms with Crippen molar-refractivity contribution in [3.63, 3.8) is 0 Å². The third-order valence-electron chi connectivity index (χ3n) is 3.31. The number of rotatable bonds is 9. The molecule has 1 N–H and O–H groups in total. The van der Waals surface area contributed by atoms with E-state index in [1.807, 2.05) is 43.5 Å². The van der Waals surface area contributed by atoms with Gasteiger partial charge in [0.25, 0.3) is 0 Å². The van der Waals surface area contributed by atoms with Crippen LogP contribution in [-0.2, 0) is 22.6 Å². The summed E-state index contributed by atoms with van der Waals surface area (Å²) in [6.07, 6.45) is -0.769. The fourth-order valence-electron chi connectivity index (χ4n) is 2.24. The molecular weight excluding hydrogens is 328 g/mol. The first-order valence-corrected chi connectivity index (χ1v) is 8.58. The Hall–Kier alpha value is -2.05. The highest BCUT2D eigenvalue weighted by Gasteiger charge is 2.21. The summed E-state index contributed by atoms with van der Waals surface area (Å²) in [5.74, 6) is 0.240. The number of hydrogen-bond acceptors (Lipinski definition) is 5. The van der Waals surface area contributed by atoms with E-state index in [4.69, 9.17) is 14.2 Å². The van der Waals surface area contributed by atoms with E-state index in [2.05, 4.69) is 0 Å². The van der Waals surface area contributed by atoms with Crippen LogP contribution >= 0.6 is 11.3 Å². The standard InChI is InChI=1S/C18H22O5S/c1-12(2)23-17(18(19)20)10-13-6-7-15(21-3)16(9-13)22-11-14-5-4-8-24-14/h4-9,12,17H,10-11H2,1-3H3,(H,19,20). The van der Waals surface area contributed by atoms with E-state index in [1.54, 1.807) is 24.5 Å². The Balaban J connectivity index is 2.12. The molecule has 0 spiro atoms. The normalized spacial score (nSPS) is 12.2. The van der Waals surface area contributed by atoms with Gasteiger partial charge in [-0.15, -0.1) is 11.3 Å². The predicted octanol–water partition coefficient (Wildman–Crippen LogP) is 3.76. The lowest BCUT2D eigenvalue weighted by molar-refractivity contribution is -0.153. The van der Waals surface area contributed by atoms with E-state index in [1.165, 1.54) is 0 Å². The summed E-state index contributed by atoms with van der Waals surface area (Å²) < 4.78 is 16.6. The minimum atomic E-state index is -0.972. The minimum Gasteiger partial charge on any atom is -0.493 e. The molecule has 5 nitrogen and oxygen atoms in total. The van der Waals surface area contributed by atoms with Crippen LogP contribution in [0, 0.1) is 0 Å². The van der Waals surface area contributed by atoms with E-state index in [0.29, 0.717) is 18.1 Å². The molecular formula is C18H22O5S. The predicted molar refractivity (Wildman–Crippen MR) is 93.0 cm³/mol. The van der Waals surface area contributed by atoms with Crippen LogP contribution in [0.3, 0.4) is 0 Å². The van der Waals surface area contributed by atoms with Crippen LogP contribution in [0.4, 0.5) is 0 Å². The maximum absolute atomic E-state index is 11.3. The van der Waals surface area contributed by atoms with Crippen molar-refractivity contribution >= 4 is 17.3 Å². The van der Waals surface area contributed by atoms with Crippen LogP contribution < -0.4 is 9.47 Å². The number of aliphatic carboxylic acids is 1. The number of ether oxygens (including phenoxy) is 3. The van der Waals surface area contributed by atoms with Crippen molar-refractivity contribution in [3.05, 3.63) is 46.2 Å². The quantitative estimate of drug-likeness (QED) is 0.746. The summed E-state index contributed by atoms with van der Waals surface area (Å²) in [7, 11) is 1.58. The van der Waals surface area contributed by atoms with Gasteiger partial charge in [0, 0.05) is 11.3 Å². The number of carbonyl (C=O) groups is 1. The van der Waals surface area contributed by atoms with E-state index in [9.17, 15) is 9.90 Å². The minimum absolute atomic E-state index is 0.154. The van der Waals surface area contributed by atoms with Gasteiger partial charge in [-0.2, -0.15) is 0 Å². The molecule has 0 fully saturated rings. The molecule has 24 heavy (non-hydrogen) atoms. The number of carboxylic acid groups (broad SMARTS) is 1. The van der Waals surface area contributed by atoms with E-state index < -0.39 is 12.1 Å². The van der Waals surface area contributed by atoms with Crippen LogP contribution in [0.2, 0.25) is 0 Å². The lowest BCUT2D eigenvalue weighted by Crippen LogP contribution is -2.29. The van der Waals surface area contributed by atoms with Gasteiger partial charge in [0.15, 0.2) is 17.6 Å². The van der Waals surface area contributed by atoms with Gasteiger partial charge in [-0.05, 0) is 43.0 Å². The molecule has 0 aliphatic carbocycles. The molecule has 1 aromatic heterocycles. The third kappa shape index (κ3) is 5.25. The topological polar surface area (TPSA) is 65.0 Å².